The number of carboxylic acids is 1. The van der Waals surface area contributed by atoms with Gasteiger partial charge in [0.1, 0.15) is 13.2 Å². The van der Waals surface area contributed by atoms with Gasteiger partial charge in [-0.05, 0) is 96.3 Å². The van der Waals surface area contributed by atoms with Crippen LogP contribution in [0.1, 0.15) is 322 Å². The number of carbonyl (C=O) groups is 3. The van der Waals surface area contributed by atoms with Crippen molar-refractivity contribution in [2.75, 3.05) is 47.5 Å². The second-order valence-electron chi connectivity index (χ2n) is 25.5. The Hall–Kier alpha value is -3.79. The van der Waals surface area contributed by atoms with E-state index in [1.165, 1.54) is 212 Å². The number of carboxylic acid groups (broad SMARTS) is 1. The minimum absolute atomic E-state index is 0.183. The van der Waals surface area contributed by atoms with Crippen molar-refractivity contribution in [3.05, 3.63) is 97.2 Å². The predicted molar refractivity (Wildman–Crippen MR) is 373 cm³/mol. The van der Waals surface area contributed by atoms with Crippen molar-refractivity contribution in [2.24, 2.45) is 0 Å². The summed E-state index contributed by atoms with van der Waals surface area (Å²) in [6.45, 7) is 4.78. The molecule has 0 amide bonds. The summed E-state index contributed by atoms with van der Waals surface area (Å²) in [5, 5.41) is 9.76. The average molecular weight is 1220 g/mol. The molecule has 0 aliphatic carbocycles. The van der Waals surface area contributed by atoms with Gasteiger partial charge in [-0.15, -0.1) is 0 Å². The molecule has 0 fully saturated rings. The number of aliphatic carboxylic acids is 1. The minimum Gasteiger partial charge on any atom is -0.477 e. The van der Waals surface area contributed by atoms with Gasteiger partial charge in [0, 0.05) is 12.8 Å². The van der Waals surface area contributed by atoms with Gasteiger partial charge < -0.3 is 28.5 Å². The molecule has 9 nitrogen and oxygen atoms in total. The lowest BCUT2D eigenvalue weighted by molar-refractivity contribution is -0.870. The fraction of sp³-hybridized carbons (Fsp3) is 0.756. The van der Waals surface area contributed by atoms with Crippen LogP contribution >= 0.6 is 0 Å². The second kappa shape index (κ2) is 68.1. The summed E-state index contributed by atoms with van der Waals surface area (Å²) >= 11 is 0. The number of hydrogen-bond acceptors (Lipinski definition) is 7. The Labute approximate surface area is 537 Å². The number of rotatable bonds is 67. The summed E-state index contributed by atoms with van der Waals surface area (Å²) in [4.78, 5) is 37.7. The Morgan fingerprint density at radius 2 is 0.655 bits per heavy atom. The third-order valence-electron chi connectivity index (χ3n) is 15.8. The summed E-state index contributed by atoms with van der Waals surface area (Å²) in [5.41, 5.74) is 0. The van der Waals surface area contributed by atoms with E-state index < -0.39 is 24.3 Å². The van der Waals surface area contributed by atoms with Crippen LogP contribution in [0.25, 0.3) is 0 Å². The molecule has 0 heterocycles. The summed E-state index contributed by atoms with van der Waals surface area (Å²) in [6, 6.07) is 0. The second-order valence-corrected chi connectivity index (χ2v) is 25.5. The third kappa shape index (κ3) is 69.5. The van der Waals surface area contributed by atoms with E-state index in [2.05, 4.69) is 111 Å². The number of hydrogen-bond donors (Lipinski definition) is 1. The van der Waals surface area contributed by atoms with E-state index in [0.717, 1.165) is 83.5 Å². The molecule has 0 aliphatic heterocycles. The maximum Gasteiger partial charge on any atom is 0.361 e. The molecule has 1 N–H and O–H groups in total. The number of quaternary nitrogens is 1. The first kappa shape index (κ1) is 83.2. The van der Waals surface area contributed by atoms with Gasteiger partial charge in [-0.25, -0.2) is 4.79 Å². The lowest BCUT2D eigenvalue weighted by atomic mass is 10.0. The standard InChI is InChI=1S/C78H137NO8/c1-6-8-10-12-14-16-18-20-22-24-26-28-30-32-34-36-37-38-39-41-42-44-46-48-50-52-54-56-58-60-62-64-66-68-75(80)85-72-74(73-86-78(77(82)83)84-71-70-79(3,4)5)87-76(81)69-67-65-63-61-59-57-55-53-51-49-47-45-43-40-35-33-31-29-27-25-23-21-19-17-15-13-11-9-7-2/h9,11,15,17-18,20-21,23-24,26-27,29-30,32-33,35,74,78H,6-8,10,12-14,16,19,22,25,28,31,34,36-73H2,1-5H3/p+1/b11-9-,17-15-,20-18-,23-21-,26-24-,29-27-,32-30-,35-33-. The highest BCUT2D eigenvalue weighted by Gasteiger charge is 2.25. The molecule has 0 saturated heterocycles. The highest BCUT2D eigenvalue weighted by atomic mass is 16.7. The number of nitrogens with zero attached hydrogens (tertiary/aromatic N) is 1. The number of unbranched alkanes of at least 4 members (excludes halogenated alkanes) is 36. The van der Waals surface area contributed by atoms with E-state index >= 15 is 0 Å². The van der Waals surface area contributed by atoms with Gasteiger partial charge in [-0.3, -0.25) is 9.59 Å². The van der Waals surface area contributed by atoms with Crippen LogP contribution in [0.2, 0.25) is 0 Å². The zero-order chi connectivity index (χ0) is 63.3. The fourth-order valence-electron chi connectivity index (χ4n) is 10.3. The highest BCUT2D eigenvalue weighted by molar-refractivity contribution is 5.71. The maximum atomic E-state index is 13.0. The van der Waals surface area contributed by atoms with E-state index in [9.17, 15) is 19.5 Å². The molecule has 0 aromatic carbocycles. The zero-order valence-corrected chi connectivity index (χ0v) is 57.4. The SMILES string of the molecule is CC/C=C\C/C=C\C/C=C\C/C=C\C/C=C\CCCCCCCCCCCCCCCC(=O)OC(COC(=O)CCCCCCCCCCCCCCCCCCCC/C=C\C/C=C\C/C=C\CCCCCCC)COC(OCC[N+](C)(C)C)C(=O)O. The Balaban J connectivity index is 4.08. The van der Waals surface area contributed by atoms with Crippen molar-refractivity contribution >= 4 is 17.9 Å². The molecule has 0 aromatic rings. The molecule has 2 atom stereocenters. The van der Waals surface area contributed by atoms with Gasteiger partial charge in [0.05, 0.1) is 34.4 Å². The van der Waals surface area contributed by atoms with Gasteiger partial charge in [-0.2, -0.15) is 0 Å². The van der Waals surface area contributed by atoms with Crippen LogP contribution in [-0.2, 0) is 33.3 Å². The van der Waals surface area contributed by atoms with Crippen molar-refractivity contribution in [3.63, 3.8) is 0 Å². The van der Waals surface area contributed by atoms with Crippen molar-refractivity contribution in [2.45, 2.75) is 334 Å². The largest absolute Gasteiger partial charge is 0.477 e. The zero-order valence-electron chi connectivity index (χ0n) is 57.4. The monoisotopic (exact) mass is 1220 g/mol. The van der Waals surface area contributed by atoms with Crippen LogP contribution in [0.15, 0.2) is 97.2 Å². The Morgan fingerprint density at radius 1 is 0.356 bits per heavy atom. The molecule has 2 unspecified atom stereocenters. The van der Waals surface area contributed by atoms with Gasteiger partial charge in [0.25, 0.3) is 6.29 Å². The number of carbonyl (C=O) groups excluding carboxylic acids is 2. The molecule has 0 radical (unpaired) electrons. The van der Waals surface area contributed by atoms with E-state index in [-0.39, 0.29) is 32.2 Å². The first-order chi connectivity index (χ1) is 42.6. The molecular formula is C78H138NO8+. The van der Waals surface area contributed by atoms with E-state index in [1.807, 2.05) is 21.1 Å². The van der Waals surface area contributed by atoms with Crippen LogP contribution < -0.4 is 0 Å². The van der Waals surface area contributed by atoms with Crippen LogP contribution in [0.3, 0.4) is 0 Å². The molecule has 502 valence electrons. The lowest BCUT2D eigenvalue weighted by Crippen LogP contribution is -2.40. The predicted octanol–water partition coefficient (Wildman–Crippen LogP) is 22.8. The van der Waals surface area contributed by atoms with Crippen LogP contribution in [0.4, 0.5) is 0 Å². The lowest BCUT2D eigenvalue weighted by Gasteiger charge is -2.25. The summed E-state index contributed by atoms with van der Waals surface area (Å²) in [5.74, 6) is -2.00. The first-order valence-corrected chi connectivity index (χ1v) is 36.4. The Morgan fingerprint density at radius 3 is 0.977 bits per heavy atom. The van der Waals surface area contributed by atoms with Crippen LogP contribution in [-0.4, -0.2) is 87.4 Å². The van der Waals surface area contributed by atoms with Gasteiger partial charge >= 0.3 is 17.9 Å². The molecule has 9 heteroatoms. The quantitative estimate of drug-likeness (QED) is 0.0211. The molecule has 0 bridgehead atoms. The summed E-state index contributed by atoms with van der Waals surface area (Å²) in [6.07, 6.45) is 91.0. The number of likely N-dealkylation sites (N-methyl/N-ethyl adjacent to an activating group) is 1. The summed E-state index contributed by atoms with van der Waals surface area (Å²) in [7, 11) is 5.98. The van der Waals surface area contributed by atoms with Gasteiger partial charge in [-0.1, -0.05) is 310 Å². The summed E-state index contributed by atoms with van der Waals surface area (Å²) < 4.78 is 23.0. The van der Waals surface area contributed by atoms with Crippen molar-refractivity contribution in [1.82, 2.24) is 0 Å². The van der Waals surface area contributed by atoms with E-state index in [0.29, 0.717) is 17.4 Å². The first-order valence-electron chi connectivity index (χ1n) is 36.4. The van der Waals surface area contributed by atoms with Crippen LogP contribution in [0, 0.1) is 0 Å². The Kier molecular flexibility index (Phi) is 65.2. The number of esters is 2. The molecule has 87 heavy (non-hydrogen) atoms. The minimum atomic E-state index is -1.51. The fourth-order valence-corrected chi connectivity index (χ4v) is 10.3. The van der Waals surface area contributed by atoms with Crippen molar-refractivity contribution in [3.8, 4) is 0 Å². The smallest absolute Gasteiger partial charge is 0.361 e. The molecule has 0 spiro atoms. The normalized spacial score (nSPS) is 13.3. The molecule has 0 aliphatic rings. The average Bonchev–Trinajstić information content (AvgIpc) is 3.57. The Bertz CT molecular complexity index is 1750. The molecule has 0 aromatic heterocycles. The third-order valence-corrected chi connectivity index (χ3v) is 15.8. The van der Waals surface area contributed by atoms with Gasteiger partial charge in [0.2, 0.25) is 0 Å². The topological polar surface area (TPSA) is 108 Å². The molecule has 0 rings (SSSR count). The molecule has 0 saturated carbocycles. The van der Waals surface area contributed by atoms with Gasteiger partial charge in [0.15, 0.2) is 6.10 Å². The highest BCUT2D eigenvalue weighted by Crippen LogP contribution is 2.18. The molecular weight excluding hydrogens is 1080 g/mol. The van der Waals surface area contributed by atoms with Crippen LogP contribution in [0.5, 0.6) is 0 Å². The maximum absolute atomic E-state index is 13.0. The number of ether oxygens (including phenoxy) is 4. The van der Waals surface area contributed by atoms with E-state index in [4.69, 9.17) is 18.9 Å². The van der Waals surface area contributed by atoms with E-state index in [1.54, 1.807) is 0 Å². The number of allylic oxidation sites excluding steroid dienone is 16. The van der Waals surface area contributed by atoms with Crippen molar-refractivity contribution in [1.29, 1.82) is 0 Å². The van der Waals surface area contributed by atoms with Crippen molar-refractivity contribution < 1.29 is 42.9 Å².